The van der Waals surface area contributed by atoms with Crippen molar-refractivity contribution < 1.29 is 17.9 Å². The normalized spacial score (nSPS) is 12.2. The van der Waals surface area contributed by atoms with Crippen LogP contribution in [0.5, 0.6) is 5.75 Å². The Labute approximate surface area is 200 Å². The summed E-state index contributed by atoms with van der Waals surface area (Å²) in [5, 5.41) is 3.27. The number of carbonyl (C=O) groups excluding carboxylic acids is 1. The molecule has 0 spiro atoms. The zero-order valence-corrected chi connectivity index (χ0v) is 20.5. The van der Waals surface area contributed by atoms with E-state index >= 15 is 0 Å². The molecule has 3 aromatic rings. The molecule has 3 aromatic carbocycles. The molecule has 0 fully saturated rings. The van der Waals surface area contributed by atoms with Crippen molar-refractivity contribution >= 4 is 38.9 Å². The Balaban J connectivity index is 1.69. The van der Waals surface area contributed by atoms with Crippen LogP contribution in [0.2, 0.25) is 5.02 Å². The number of aryl methyl sites for hydroxylation is 2. The van der Waals surface area contributed by atoms with Gasteiger partial charge in [-0.3, -0.25) is 9.52 Å². The average molecular weight is 487 g/mol. The Morgan fingerprint density at radius 2 is 1.64 bits per heavy atom. The van der Waals surface area contributed by atoms with Gasteiger partial charge in [-0.05, 0) is 86.3 Å². The Kier molecular flexibility index (Phi) is 7.66. The number of halogens is 1. The van der Waals surface area contributed by atoms with Crippen molar-refractivity contribution in [3.05, 3.63) is 82.4 Å². The molecule has 1 unspecified atom stereocenters. The Hall–Kier alpha value is -3.03. The number of sulfonamides is 1. The Bertz CT molecular complexity index is 1260. The third kappa shape index (κ3) is 6.06. The van der Waals surface area contributed by atoms with Crippen molar-refractivity contribution in [2.75, 3.05) is 10.0 Å². The number of amides is 1. The second kappa shape index (κ2) is 10.3. The maximum Gasteiger partial charge on any atom is 0.265 e. The maximum absolute atomic E-state index is 12.7. The average Bonchev–Trinajstić information content (AvgIpc) is 2.77. The summed E-state index contributed by atoms with van der Waals surface area (Å²) in [7, 11) is -3.80. The predicted molar refractivity (Wildman–Crippen MR) is 133 cm³/mol. The first-order valence-electron chi connectivity index (χ1n) is 10.5. The maximum atomic E-state index is 12.7. The van der Waals surface area contributed by atoms with Crippen molar-refractivity contribution in [2.24, 2.45) is 0 Å². The lowest BCUT2D eigenvalue weighted by Gasteiger charge is -2.19. The first-order chi connectivity index (χ1) is 15.6. The lowest BCUT2D eigenvalue weighted by molar-refractivity contribution is -0.122. The summed E-state index contributed by atoms with van der Waals surface area (Å²) in [5.74, 6) is 0.363. The van der Waals surface area contributed by atoms with Gasteiger partial charge in [-0.2, -0.15) is 0 Å². The molecule has 0 aliphatic rings. The molecule has 8 heteroatoms. The van der Waals surface area contributed by atoms with Crippen molar-refractivity contribution in [2.45, 2.75) is 45.1 Å². The summed E-state index contributed by atoms with van der Waals surface area (Å²) < 4.78 is 33.8. The van der Waals surface area contributed by atoms with Crippen LogP contribution in [0.3, 0.4) is 0 Å². The summed E-state index contributed by atoms with van der Waals surface area (Å²) in [6.45, 7) is 7.64. The van der Waals surface area contributed by atoms with E-state index in [-0.39, 0.29) is 10.8 Å². The van der Waals surface area contributed by atoms with Gasteiger partial charge >= 0.3 is 0 Å². The quantitative estimate of drug-likeness (QED) is 0.417. The van der Waals surface area contributed by atoms with Crippen molar-refractivity contribution in [1.82, 2.24) is 0 Å². The molecule has 1 atom stereocenters. The number of benzene rings is 3. The zero-order chi connectivity index (χ0) is 24.2. The predicted octanol–water partition coefficient (Wildman–Crippen LogP) is 5.86. The van der Waals surface area contributed by atoms with Gasteiger partial charge in [0, 0.05) is 10.7 Å². The monoisotopic (exact) mass is 486 g/mol. The van der Waals surface area contributed by atoms with Gasteiger partial charge in [-0.25, -0.2) is 8.42 Å². The van der Waals surface area contributed by atoms with Crippen LogP contribution >= 0.6 is 11.6 Å². The molecule has 0 bridgehead atoms. The first kappa shape index (κ1) is 24.6. The summed E-state index contributed by atoms with van der Waals surface area (Å²) in [6.07, 6.45) is -0.198. The van der Waals surface area contributed by atoms with Crippen LogP contribution in [-0.2, 0) is 14.8 Å². The number of rotatable bonds is 8. The molecule has 1 amide bonds. The van der Waals surface area contributed by atoms with Crippen LogP contribution in [-0.4, -0.2) is 20.4 Å². The molecule has 0 radical (unpaired) electrons. The van der Waals surface area contributed by atoms with E-state index in [0.29, 0.717) is 28.6 Å². The van der Waals surface area contributed by atoms with Crippen LogP contribution in [0.1, 0.15) is 30.0 Å². The second-order valence-electron chi connectivity index (χ2n) is 7.80. The van der Waals surface area contributed by atoms with E-state index in [9.17, 15) is 13.2 Å². The summed E-state index contributed by atoms with van der Waals surface area (Å²) >= 11 is 6.08. The molecule has 33 heavy (non-hydrogen) atoms. The molecule has 3 rings (SSSR count). The molecular weight excluding hydrogens is 460 g/mol. The van der Waals surface area contributed by atoms with Gasteiger partial charge in [-0.1, -0.05) is 36.7 Å². The van der Waals surface area contributed by atoms with E-state index in [2.05, 4.69) is 10.0 Å². The number of anilines is 2. The van der Waals surface area contributed by atoms with Crippen molar-refractivity contribution in [1.29, 1.82) is 0 Å². The van der Waals surface area contributed by atoms with E-state index in [1.165, 1.54) is 12.1 Å². The number of hydrogen-bond acceptors (Lipinski definition) is 4. The molecule has 0 saturated carbocycles. The number of nitrogens with one attached hydrogen (secondary N) is 2. The minimum atomic E-state index is -3.80. The lowest BCUT2D eigenvalue weighted by atomic mass is 10.1. The minimum Gasteiger partial charge on any atom is -0.480 e. The SMILES string of the molecule is CCC(Oc1cccc(C)c1C)C(=O)Nc1ccc(S(=O)(=O)Nc2ccc(C)c(Cl)c2)cc1. The molecule has 0 heterocycles. The van der Waals surface area contributed by atoms with E-state index < -0.39 is 16.1 Å². The third-order valence-corrected chi connectivity index (χ3v) is 7.15. The fraction of sp³-hybridized carbons (Fsp3) is 0.240. The van der Waals surface area contributed by atoms with Gasteiger partial charge in [0.25, 0.3) is 15.9 Å². The van der Waals surface area contributed by atoms with Gasteiger partial charge in [-0.15, -0.1) is 0 Å². The number of carbonyl (C=O) groups is 1. The highest BCUT2D eigenvalue weighted by Gasteiger charge is 2.20. The van der Waals surface area contributed by atoms with Crippen molar-refractivity contribution in [3.8, 4) is 5.75 Å². The fourth-order valence-corrected chi connectivity index (χ4v) is 4.37. The van der Waals surface area contributed by atoms with Crippen LogP contribution in [0.25, 0.3) is 0 Å². The van der Waals surface area contributed by atoms with E-state index in [4.69, 9.17) is 16.3 Å². The highest BCUT2D eigenvalue weighted by molar-refractivity contribution is 7.92. The smallest absolute Gasteiger partial charge is 0.265 e. The Morgan fingerprint density at radius 1 is 0.970 bits per heavy atom. The molecule has 0 aliphatic heterocycles. The van der Waals surface area contributed by atoms with Gasteiger partial charge < -0.3 is 10.1 Å². The lowest BCUT2D eigenvalue weighted by Crippen LogP contribution is -2.32. The van der Waals surface area contributed by atoms with Gasteiger partial charge in [0.1, 0.15) is 5.75 Å². The molecule has 0 aliphatic carbocycles. The summed E-state index contributed by atoms with van der Waals surface area (Å²) in [4.78, 5) is 12.8. The standard InChI is InChI=1S/C25H27ClN2O4S/c1-5-23(32-24-8-6-7-16(2)18(24)4)25(29)27-19-11-13-21(14-12-19)33(30,31)28-20-10-9-17(3)22(26)15-20/h6-15,23,28H,5H2,1-4H3,(H,27,29). The third-order valence-electron chi connectivity index (χ3n) is 5.34. The van der Waals surface area contributed by atoms with Crippen LogP contribution in [0.15, 0.2) is 65.6 Å². The largest absolute Gasteiger partial charge is 0.480 e. The van der Waals surface area contributed by atoms with Crippen molar-refractivity contribution in [3.63, 3.8) is 0 Å². The van der Waals surface area contributed by atoms with Gasteiger partial charge in [0.05, 0.1) is 10.6 Å². The van der Waals surface area contributed by atoms with E-state index in [0.717, 1.165) is 16.7 Å². The topological polar surface area (TPSA) is 84.5 Å². The highest BCUT2D eigenvalue weighted by atomic mass is 35.5. The summed E-state index contributed by atoms with van der Waals surface area (Å²) in [5.41, 5.74) is 3.77. The molecular formula is C25H27ClN2O4S. The van der Waals surface area contributed by atoms with Gasteiger partial charge in [0.15, 0.2) is 6.10 Å². The highest BCUT2D eigenvalue weighted by Crippen LogP contribution is 2.25. The fourth-order valence-electron chi connectivity index (χ4n) is 3.14. The molecule has 2 N–H and O–H groups in total. The second-order valence-corrected chi connectivity index (χ2v) is 9.89. The summed E-state index contributed by atoms with van der Waals surface area (Å²) in [6, 6.07) is 16.6. The molecule has 6 nitrogen and oxygen atoms in total. The first-order valence-corrected chi connectivity index (χ1v) is 12.4. The molecule has 174 valence electrons. The number of ether oxygens (including phenoxy) is 1. The number of hydrogen-bond donors (Lipinski definition) is 2. The minimum absolute atomic E-state index is 0.0656. The van der Waals surface area contributed by atoms with Gasteiger partial charge in [0.2, 0.25) is 0 Å². The molecule has 0 aromatic heterocycles. The van der Waals surface area contributed by atoms with Crippen LogP contribution < -0.4 is 14.8 Å². The zero-order valence-electron chi connectivity index (χ0n) is 19.0. The van der Waals surface area contributed by atoms with E-state index in [1.54, 1.807) is 30.3 Å². The van der Waals surface area contributed by atoms with Crippen LogP contribution in [0, 0.1) is 20.8 Å². The van der Waals surface area contributed by atoms with E-state index in [1.807, 2.05) is 45.9 Å². The van der Waals surface area contributed by atoms with Crippen LogP contribution in [0.4, 0.5) is 11.4 Å². The molecule has 0 saturated heterocycles. The Morgan fingerprint density at radius 3 is 2.27 bits per heavy atom.